The van der Waals surface area contributed by atoms with E-state index in [1.165, 1.54) is 11.1 Å². The summed E-state index contributed by atoms with van der Waals surface area (Å²) >= 11 is 0. The van der Waals surface area contributed by atoms with Gasteiger partial charge in [0.05, 0.1) is 0 Å². The Balaban J connectivity index is 1.67. The van der Waals surface area contributed by atoms with Crippen molar-refractivity contribution in [1.29, 1.82) is 0 Å². The van der Waals surface area contributed by atoms with E-state index in [9.17, 15) is 8.42 Å². The zero-order valence-corrected chi connectivity index (χ0v) is 16.0. The Hall–Kier alpha value is -1.69. The molecule has 1 atom stereocenters. The van der Waals surface area contributed by atoms with Crippen molar-refractivity contribution in [3.8, 4) is 0 Å². The van der Waals surface area contributed by atoms with Gasteiger partial charge in [-0.25, -0.2) is 0 Å². The van der Waals surface area contributed by atoms with Gasteiger partial charge in [-0.05, 0) is 35.4 Å². The van der Waals surface area contributed by atoms with Crippen LogP contribution in [0.2, 0.25) is 0 Å². The molecule has 138 valence electrons. The Kier molecular flexibility index (Phi) is 4.86. The van der Waals surface area contributed by atoms with Crippen LogP contribution in [-0.2, 0) is 16.8 Å². The molecule has 2 aliphatic rings. The number of piperidine rings is 1. The van der Waals surface area contributed by atoms with Crippen LogP contribution in [0.4, 0.5) is 0 Å². The second kappa shape index (κ2) is 7.14. The van der Waals surface area contributed by atoms with Gasteiger partial charge in [0, 0.05) is 32.1 Å². The molecule has 0 bridgehead atoms. The highest BCUT2D eigenvalue weighted by molar-refractivity contribution is 7.86. The third-order valence-corrected chi connectivity index (χ3v) is 7.71. The topological polar surface area (TPSA) is 40.6 Å². The molecule has 1 saturated heterocycles. The molecule has 4 rings (SSSR count). The average molecular weight is 371 g/mol. The van der Waals surface area contributed by atoms with Crippen molar-refractivity contribution in [3.63, 3.8) is 0 Å². The highest BCUT2D eigenvalue weighted by Crippen LogP contribution is 2.35. The summed E-state index contributed by atoms with van der Waals surface area (Å²) in [6.07, 6.45) is 1.90. The molecule has 2 aliphatic heterocycles. The molecule has 0 aromatic heterocycles. The minimum absolute atomic E-state index is 0.0830. The predicted octanol–water partition coefficient (Wildman–Crippen LogP) is 3.61. The Bertz CT molecular complexity index is 859. The Morgan fingerprint density at radius 3 is 2.27 bits per heavy atom. The lowest BCUT2D eigenvalue weighted by Gasteiger charge is -2.38. The summed E-state index contributed by atoms with van der Waals surface area (Å²) in [7, 11) is -3.43. The third-order valence-electron chi connectivity index (χ3n) is 5.76. The molecule has 0 aliphatic carbocycles. The first-order valence-corrected chi connectivity index (χ1v) is 10.8. The van der Waals surface area contributed by atoms with Crippen LogP contribution < -0.4 is 0 Å². The van der Waals surface area contributed by atoms with Gasteiger partial charge in [0.25, 0.3) is 10.2 Å². The summed E-state index contributed by atoms with van der Waals surface area (Å²) in [5.74, 6) is 0.695. The van der Waals surface area contributed by atoms with Crippen molar-refractivity contribution in [1.82, 2.24) is 8.61 Å². The van der Waals surface area contributed by atoms with Crippen molar-refractivity contribution in [2.75, 3.05) is 19.6 Å². The number of nitrogens with zero attached hydrogens (tertiary/aromatic N) is 2. The van der Waals surface area contributed by atoms with Crippen LogP contribution >= 0.6 is 0 Å². The van der Waals surface area contributed by atoms with E-state index >= 15 is 0 Å². The van der Waals surface area contributed by atoms with Gasteiger partial charge in [-0.1, -0.05) is 61.5 Å². The molecule has 2 aromatic carbocycles. The summed E-state index contributed by atoms with van der Waals surface area (Å²) in [5.41, 5.74) is 3.53. The SMILES string of the molecule is CC1CCN(S(=O)(=O)N2Cc3ccccc3[C@H](c3ccccc3)C2)CC1. The van der Waals surface area contributed by atoms with Gasteiger partial charge >= 0.3 is 0 Å². The second-order valence-electron chi connectivity index (χ2n) is 7.54. The Morgan fingerprint density at radius 1 is 0.885 bits per heavy atom. The Morgan fingerprint density at radius 2 is 1.54 bits per heavy atom. The first kappa shape index (κ1) is 17.7. The fourth-order valence-corrected chi connectivity index (χ4v) is 5.74. The molecule has 2 aromatic rings. The zero-order chi connectivity index (χ0) is 18.1. The van der Waals surface area contributed by atoms with Gasteiger partial charge in [0.15, 0.2) is 0 Å². The summed E-state index contributed by atoms with van der Waals surface area (Å²) in [6, 6.07) is 18.5. The van der Waals surface area contributed by atoms with Gasteiger partial charge in [0.2, 0.25) is 0 Å². The average Bonchev–Trinajstić information content (AvgIpc) is 2.68. The summed E-state index contributed by atoms with van der Waals surface area (Å²) in [4.78, 5) is 0. The van der Waals surface area contributed by atoms with E-state index in [0.717, 1.165) is 18.4 Å². The minimum Gasteiger partial charge on any atom is -0.195 e. The van der Waals surface area contributed by atoms with Gasteiger partial charge in [-0.2, -0.15) is 17.0 Å². The number of rotatable bonds is 3. The molecule has 0 saturated carbocycles. The first-order chi connectivity index (χ1) is 12.6. The monoisotopic (exact) mass is 370 g/mol. The summed E-state index contributed by atoms with van der Waals surface area (Å²) < 4.78 is 29.9. The molecule has 4 nitrogen and oxygen atoms in total. The molecule has 0 radical (unpaired) electrons. The lowest BCUT2D eigenvalue weighted by molar-refractivity contribution is 0.257. The quantitative estimate of drug-likeness (QED) is 0.828. The molecule has 26 heavy (non-hydrogen) atoms. The molecular formula is C21H26N2O2S. The van der Waals surface area contributed by atoms with E-state index in [4.69, 9.17) is 0 Å². The van der Waals surface area contributed by atoms with Crippen molar-refractivity contribution in [3.05, 3.63) is 71.3 Å². The van der Waals surface area contributed by atoms with Crippen molar-refractivity contribution in [2.45, 2.75) is 32.2 Å². The van der Waals surface area contributed by atoms with Crippen LogP contribution in [0.3, 0.4) is 0 Å². The number of fused-ring (bicyclic) bond motifs is 1. The Labute approximate surface area is 156 Å². The van der Waals surface area contributed by atoms with E-state index in [1.807, 2.05) is 30.3 Å². The molecule has 5 heteroatoms. The minimum atomic E-state index is -3.43. The standard InChI is InChI=1S/C21H26N2O2S/c1-17-11-13-22(14-12-17)26(24,25)23-15-19-9-5-6-10-20(19)21(16-23)18-7-3-2-4-8-18/h2-10,17,21H,11-16H2,1H3/t21-/m0/s1. The number of benzene rings is 2. The zero-order valence-electron chi connectivity index (χ0n) is 15.2. The molecule has 0 spiro atoms. The number of hydrogen-bond acceptors (Lipinski definition) is 2. The first-order valence-electron chi connectivity index (χ1n) is 9.43. The smallest absolute Gasteiger partial charge is 0.195 e. The normalized spacial score (nSPS) is 22.9. The molecule has 0 N–H and O–H groups in total. The third kappa shape index (κ3) is 3.31. The lowest BCUT2D eigenvalue weighted by atomic mass is 9.86. The fraction of sp³-hybridized carbons (Fsp3) is 0.429. The van der Waals surface area contributed by atoms with Crippen molar-refractivity contribution >= 4 is 10.2 Å². The second-order valence-corrected chi connectivity index (χ2v) is 9.47. The molecule has 1 fully saturated rings. The van der Waals surface area contributed by atoms with Gasteiger partial charge in [-0.15, -0.1) is 0 Å². The highest BCUT2D eigenvalue weighted by Gasteiger charge is 2.37. The van der Waals surface area contributed by atoms with Gasteiger partial charge in [0.1, 0.15) is 0 Å². The number of hydrogen-bond donors (Lipinski definition) is 0. The van der Waals surface area contributed by atoms with Gasteiger partial charge < -0.3 is 0 Å². The maximum atomic E-state index is 13.3. The lowest BCUT2D eigenvalue weighted by Crippen LogP contribution is -2.49. The molecule has 0 amide bonds. The van der Waals surface area contributed by atoms with Crippen LogP contribution in [0, 0.1) is 5.92 Å². The highest BCUT2D eigenvalue weighted by atomic mass is 32.2. The largest absolute Gasteiger partial charge is 0.282 e. The van der Waals surface area contributed by atoms with E-state index in [-0.39, 0.29) is 5.92 Å². The van der Waals surface area contributed by atoms with Crippen LogP contribution in [0.25, 0.3) is 0 Å². The van der Waals surface area contributed by atoms with Crippen LogP contribution in [0.5, 0.6) is 0 Å². The predicted molar refractivity (Wildman–Crippen MR) is 104 cm³/mol. The van der Waals surface area contributed by atoms with Gasteiger partial charge in [-0.3, -0.25) is 0 Å². The van der Waals surface area contributed by atoms with Crippen molar-refractivity contribution < 1.29 is 8.42 Å². The fourth-order valence-electron chi connectivity index (χ4n) is 4.10. The molecule has 2 heterocycles. The summed E-state index contributed by atoms with van der Waals surface area (Å²) in [5, 5.41) is 0. The van der Waals surface area contributed by atoms with Crippen LogP contribution in [-0.4, -0.2) is 36.7 Å². The maximum Gasteiger partial charge on any atom is 0.282 e. The maximum absolute atomic E-state index is 13.3. The van der Waals surface area contributed by atoms with E-state index in [1.54, 1.807) is 8.61 Å². The van der Waals surface area contributed by atoms with Crippen molar-refractivity contribution in [2.24, 2.45) is 5.92 Å². The van der Waals surface area contributed by atoms with E-state index in [2.05, 4.69) is 31.2 Å². The summed E-state index contributed by atoms with van der Waals surface area (Å²) in [6.45, 7) is 4.45. The van der Waals surface area contributed by atoms with Crippen LogP contribution in [0.15, 0.2) is 54.6 Å². The molecular weight excluding hydrogens is 344 g/mol. The van der Waals surface area contributed by atoms with E-state index in [0.29, 0.717) is 32.1 Å². The van der Waals surface area contributed by atoms with E-state index < -0.39 is 10.2 Å². The molecule has 0 unspecified atom stereocenters. The van der Waals surface area contributed by atoms with Crippen LogP contribution in [0.1, 0.15) is 42.4 Å².